The second-order valence-electron chi connectivity index (χ2n) is 6.39. The maximum absolute atomic E-state index is 10.3. The summed E-state index contributed by atoms with van der Waals surface area (Å²) in [5, 5.41) is 21.2. The van der Waals surface area contributed by atoms with Gasteiger partial charge in [0.05, 0.1) is 18.7 Å². The number of pyridine rings is 1. The molecule has 2 unspecified atom stereocenters. The highest BCUT2D eigenvalue weighted by Gasteiger charge is 2.26. The predicted octanol–water partition coefficient (Wildman–Crippen LogP) is 3.60. The molecule has 1 fully saturated rings. The van der Waals surface area contributed by atoms with Gasteiger partial charge in [-0.25, -0.2) is 0 Å². The molecule has 1 aromatic carbocycles. The lowest BCUT2D eigenvalue weighted by Crippen LogP contribution is -2.26. The molecule has 2 heterocycles. The third kappa shape index (κ3) is 2.63. The standard InChI is InChI=1S/C18H21N3O2S/c1-11-9-17-19-20-18(24-16-6-4-3-5-15(16)22)21(17)14-10-12(23-2)7-8-13(11)14/h7-10,15-16,22H,3-6H2,1-2H3. The van der Waals surface area contributed by atoms with Crippen LogP contribution in [0, 0.1) is 6.92 Å². The van der Waals surface area contributed by atoms with Crippen LogP contribution in [-0.4, -0.2) is 38.2 Å². The minimum Gasteiger partial charge on any atom is -0.497 e. The summed E-state index contributed by atoms with van der Waals surface area (Å²) in [6, 6.07) is 8.14. The van der Waals surface area contributed by atoms with Crippen LogP contribution >= 0.6 is 11.8 Å². The van der Waals surface area contributed by atoms with Gasteiger partial charge in [0.1, 0.15) is 5.75 Å². The first-order valence-corrected chi connectivity index (χ1v) is 9.22. The van der Waals surface area contributed by atoms with E-state index in [0.29, 0.717) is 0 Å². The Kier molecular flexibility index (Phi) is 4.10. The SMILES string of the molecule is COc1ccc2c(C)cc3nnc(SC4CCCCC4O)n3c2c1. The maximum atomic E-state index is 10.3. The third-order valence-corrected chi connectivity index (χ3v) is 6.13. The Labute approximate surface area is 145 Å². The average molecular weight is 343 g/mol. The number of thioether (sulfide) groups is 1. The van der Waals surface area contributed by atoms with Gasteiger partial charge in [-0.2, -0.15) is 0 Å². The van der Waals surface area contributed by atoms with Gasteiger partial charge < -0.3 is 9.84 Å². The molecule has 1 aliphatic carbocycles. The predicted molar refractivity (Wildman–Crippen MR) is 95.9 cm³/mol. The van der Waals surface area contributed by atoms with Crippen molar-refractivity contribution in [1.29, 1.82) is 0 Å². The van der Waals surface area contributed by atoms with E-state index in [0.717, 1.165) is 46.7 Å². The van der Waals surface area contributed by atoms with Crippen molar-refractivity contribution in [1.82, 2.24) is 14.6 Å². The van der Waals surface area contributed by atoms with Crippen molar-refractivity contribution in [2.75, 3.05) is 7.11 Å². The number of ether oxygens (including phenoxy) is 1. The Balaban J connectivity index is 1.85. The van der Waals surface area contributed by atoms with E-state index in [-0.39, 0.29) is 11.4 Å². The molecule has 5 nitrogen and oxygen atoms in total. The topological polar surface area (TPSA) is 59.7 Å². The summed E-state index contributed by atoms with van der Waals surface area (Å²) in [6.45, 7) is 2.08. The lowest BCUT2D eigenvalue weighted by Gasteiger charge is -2.26. The highest BCUT2D eigenvalue weighted by molar-refractivity contribution is 7.99. The second-order valence-corrected chi connectivity index (χ2v) is 7.60. The van der Waals surface area contributed by atoms with Crippen molar-refractivity contribution in [3.63, 3.8) is 0 Å². The van der Waals surface area contributed by atoms with E-state index >= 15 is 0 Å². The van der Waals surface area contributed by atoms with Gasteiger partial charge in [-0.1, -0.05) is 24.6 Å². The lowest BCUT2D eigenvalue weighted by atomic mass is 9.97. The van der Waals surface area contributed by atoms with E-state index in [4.69, 9.17) is 4.74 Å². The van der Waals surface area contributed by atoms with E-state index in [1.165, 1.54) is 12.0 Å². The molecule has 2 aromatic heterocycles. The molecular formula is C18H21N3O2S. The largest absolute Gasteiger partial charge is 0.497 e. The van der Waals surface area contributed by atoms with E-state index < -0.39 is 0 Å². The van der Waals surface area contributed by atoms with Crippen LogP contribution in [0.3, 0.4) is 0 Å². The Morgan fingerprint density at radius 1 is 1.21 bits per heavy atom. The number of benzene rings is 1. The molecule has 0 amide bonds. The molecule has 0 saturated heterocycles. The van der Waals surface area contributed by atoms with Crippen molar-refractivity contribution in [2.24, 2.45) is 0 Å². The van der Waals surface area contributed by atoms with Crippen LogP contribution in [0.15, 0.2) is 29.4 Å². The molecule has 0 bridgehead atoms. The van der Waals surface area contributed by atoms with E-state index in [2.05, 4.69) is 33.7 Å². The van der Waals surface area contributed by atoms with Gasteiger partial charge in [-0.15, -0.1) is 10.2 Å². The molecule has 3 aromatic rings. The smallest absolute Gasteiger partial charge is 0.196 e. The fourth-order valence-corrected chi connectivity index (χ4v) is 4.69. The fourth-order valence-electron chi connectivity index (χ4n) is 3.46. The Morgan fingerprint density at radius 3 is 2.83 bits per heavy atom. The first-order chi connectivity index (χ1) is 11.7. The van der Waals surface area contributed by atoms with Crippen molar-refractivity contribution < 1.29 is 9.84 Å². The molecule has 126 valence electrons. The lowest BCUT2D eigenvalue weighted by molar-refractivity contribution is 0.137. The van der Waals surface area contributed by atoms with Crippen molar-refractivity contribution >= 4 is 28.3 Å². The molecule has 1 N–H and O–H groups in total. The van der Waals surface area contributed by atoms with Crippen LogP contribution in [0.1, 0.15) is 31.2 Å². The molecule has 24 heavy (non-hydrogen) atoms. The monoisotopic (exact) mass is 343 g/mol. The number of rotatable bonds is 3. The highest BCUT2D eigenvalue weighted by atomic mass is 32.2. The minimum absolute atomic E-state index is 0.188. The van der Waals surface area contributed by atoms with Gasteiger partial charge in [0, 0.05) is 16.7 Å². The van der Waals surface area contributed by atoms with Gasteiger partial charge in [0.15, 0.2) is 10.8 Å². The van der Waals surface area contributed by atoms with Gasteiger partial charge in [-0.3, -0.25) is 4.40 Å². The summed E-state index contributed by atoms with van der Waals surface area (Å²) in [4.78, 5) is 0. The summed E-state index contributed by atoms with van der Waals surface area (Å²) >= 11 is 1.64. The molecule has 2 atom stereocenters. The first kappa shape index (κ1) is 15.7. The third-order valence-electron chi connectivity index (χ3n) is 4.80. The molecular weight excluding hydrogens is 322 g/mol. The zero-order chi connectivity index (χ0) is 16.7. The number of hydrogen-bond donors (Lipinski definition) is 1. The van der Waals surface area contributed by atoms with E-state index in [1.54, 1.807) is 18.9 Å². The molecule has 1 aliphatic rings. The van der Waals surface area contributed by atoms with E-state index in [9.17, 15) is 5.11 Å². The van der Waals surface area contributed by atoms with Crippen LogP contribution in [0.5, 0.6) is 5.75 Å². The Morgan fingerprint density at radius 2 is 2.04 bits per heavy atom. The number of aliphatic hydroxyl groups excluding tert-OH is 1. The summed E-state index contributed by atoms with van der Waals surface area (Å²) < 4.78 is 7.47. The van der Waals surface area contributed by atoms with Crippen molar-refractivity contribution in [3.8, 4) is 5.75 Å². The number of fused-ring (bicyclic) bond motifs is 3. The van der Waals surface area contributed by atoms with Gasteiger partial charge in [-0.05, 0) is 43.5 Å². The molecule has 4 rings (SSSR count). The quantitative estimate of drug-likeness (QED) is 0.787. The van der Waals surface area contributed by atoms with Crippen LogP contribution < -0.4 is 4.74 Å². The number of aliphatic hydroxyl groups is 1. The van der Waals surface area contributed by atoms with Crippen molar-refractivity contribution in [2.45, 2.75) is 49.1 Å². The Hall–Kier alpha value is -1.79. The second kappa shape index (κ2) is 6.26. The molecule has 0 radical (unpaired) electrons. The van der Waals surface area contributed by atoms with E-state index in [1.807, 2.05) is 12.1 Å². The number of aromatic nitrogens is 3. The van der Waals surface area contributed by atoms with Crippen LogP contribution in [-0.2, 0) is 0 Å². The summed E-state index contributed by atoms with van der Waals surface area (Å²) in [6.07, 6.45) is 3.91. The average Bonchev–Trinajstić information content (AvgIpc) is 2.99. The fraction of sp³-hybridized carbons (Fsp3) is 0.444. The molecule has 0 spiro atoms. The van der Waals surface area contributed by atoms with Crippen LogP contribution in [0.4, 0.5) is 0 Å². The zero-order valence-electron chi connectivity index (χ0n) is 13.9. The number of aryl methyl sites for hydroxylation is 1. The van der Waals surface area contributed by atoms with Crippen molar-refractivity contribution in [3.05, 3.63) is 29.8 Å². The van der Waals surface area contributed by atoms with Crippen LogP contribution in [0.2, 0.25) is 0 Å². The molecule has 6 heteroatoms. The zero-order valence-corrected chi connectivity index (χ0v) is 14.7. The first-order valence-electron chi connectivity index (χ1n) is 8.34. The Bertz CT molecular complexity index is 893. The highest BCUT2D eigenvalue weighted by Crippen LogP contribution is 2.35. The maximum Gasteiger partial charge on any atom is 0.196 e. The molecule has 0 aliphatic heterocycles. The molecule has 1 saturated carbocycles. The minimum atomic E-state index is -0.262. The number of methoxy groups -OCH3 is 1. The van der Waals surface area contributed by atoms with Gasteiger partial charge >= 0.3 is 0 Å². The van der Waals surface area contributed by atoms with Crippen LogP contribution in [0.25, 0.3) is 16.6 Å². The number of nitrogens with zero attached hydrogens (tertiary/aromatic N) is 3. The summed E-state index contributed by atoms with van der Waals surface area (Å²) in [7, 11) is 1.67. The summed E-state index contributed by atoms with van der Waals surface area (Å²) in [5.41, 5.74) is 3.05. The summed E-state index contributed by atoms with van der Waals surface area (Å²) in [5.74, 6) is 0.816. The van der Waals surface area contributed by atoms with Gasteiger partial charge in [0.2, 0.25) is 0 Å². The normalized spacial score (nSPS) is 21.5. The number of hydrogen-bond acceptors (Lipinski definition) is 5. The van der Waals surface area contributed by atoms with Gasteiger partial charge in [0.25, 0.3) is 0 Å².